The number of rotatable bonds is 6. The molecule has 10 heteroatoms. The molecule has 0 aliphatic carbocycles. The maximum atomic E-state index is 12.7. The largest absolute Gasteiger partial charge is 0.461 e. The molecule has 0 saturated carbocycles. The van der Waals surface area contributed by atoms with Crippen LogP contribution in [0.25, 0.3) is 0 Å². The van der Waals surface area contributed by atoms with Crippen molar-refractivity contribution in [1.82, 2.24) is 20.0 Å². The summed E-state index contributed by atoms with van der Waals surface area (Å²) >= 11 is 1.67. The lowest BCUT2D eigenvalue weighted by Gasteiger charge is -2.37. The maximum absolute atomic E-state index is 12.7. The van der Waals surface area contributed by atoms with Crippen LogP contribution >= 0.6 is 11.3 Å². The summed E-state index contributed by atoms with van der Waals surface area (Å²) in [6.45, 7) is 2.20. The Morgan fingerprint density at radius 2 is 2.10 bits per heavy atom. The number of carbonyl (C=O) groups is 4. The van der Waals surface area contributed by atoms with Gasteiger partial charge in [0, 0.05) is 32.6 Å². The number of piperidine rings is 1. The van der Waals surface area contributed by atoms with Gasteiger partial charge in [-0.15, -0.1) is 0 Å². The number of hydrogen-bond acceptors (Lipinski definition) is 7. The van der Waals surface area contributed by atoms with Crippen molar-refractivity contribution in [2.24, 2.45) is 5.41 Å². The van der Waals surface area contributed by atoms with Crippen LogP contribution in [-0.4, -0.2) is 84.4 Å². The van der Waals surface area contributed by atoms with Crippen LogP contribution in [0.4, 0.5) is 4.79 Å². The second kappa shape index (κ2) is 8.35. The first kappa shape index (κ1) is 20.8. The molecule has 4 heterocycles. The number of carbonyl (C=O) groups excluding carboxylic acids is 4. The Morgan fingerprint density at radius 1 is 1.33 bits per heavy atom. The molecule has 3 aliphatic heterocycles. The van der Waals surface area contributed by atoms with E-state index in [1.165, 1.54) is 10.5 Å². The van der Waals surface area contributed by atoms with Crippen molar-refractivity contribution in [1.29, 1.82) is 0 Å². The van der Waals surface area contributed by atoms with Gasteiger partial charge in [-0.2, -0.15) is 11.3 Å². The minimum absolute atomic E-state index is 0.0880. The van der Waals surface area contributed by atoms with Crippen LogP contribution in [0.5, 0.6) is 0 Å². The molecule has 4 amide bonds. The summed E-state index contributed by atoms with van der Waals surface area (Å²) in [5.74, 6) is -0.754. The van der Waals surface area contributed by atoms with E-state index in [0.29, 0.717) is 38.9 Å². The lowest BCUT2D eigenvalue weighted by atomic mass is 9.76. The highest BCUT2D eigenvalue weighted by molar-refractivity contribution is 7.07. The van der Waals surface area contributed by atoms with E-state index in [1.54, 1.807) is 16.2 Å². The molecule has 1 spiro atoms. The third kappa shape index (κ3) is 4.34. The third-order valence-electron chi connectivity index (χ3n) is 6.14. The zero-order valence-electron chi connectivity index (χ0n) is 17.0. The zero-order chi connectivity index (χ0) is 21.3. The molecule has 3 fully saturated rings. The number of imide groups is 1. The molecule has 9 nitrogen and oxygen atoms in total. The highest BCUT2D eigenvalue weighted by Crippen LogP contribution is 2.43. The number of likely N-dealkylation sites (tertiary alicyclic amines) is 1. The molecule has 0 aromatic carbocycles. The van der Waals surface area contributed by atoms with Crippen molar-refractivity contribution in [3.8, 4) is 0 Å². The van der Waals surface area contributed by atoms with Gasteiger partial charge in [0.05, 0.1) is 5.41 Å². The summed E-state index contributed by atoms with van der Waals surface area (Å²) in [6, 6.07) is 1.56. The predicted molar refractivity (Wildman–Crippen MR) is 109 cm³/mol. The van der Waals surface area contributed by atoms with Gasteiger partial charge in [-0.25, -0.2) is 4.79 Å². The van der Waals surface area contributed by atoms with Gasteiger partial charge in [-0.1, -0.05) is 0 Å². The van der Waals surface area contributed by atoms with Gasteiger partial charge < -0.3 is 14.5 Å². The van der Waals surface area contributed by atoms with E-state index in [0.717, 1.165) is 6.54 Å². The Labute approximate surface area is 178 Å². The van der Waals surface area contributed by atoms with E-state index in [-0.39, 0.29) is 31.1 Å². The third-order valence-corrected chi connectivity index (χ3v) is 6.87. The smallest absolute Gasteiger partial charge is 0.325 e. The van der Waals surface area contributed by atoms with E-state index in [4.69, 9.17) is 4.74 Å². The molecule has 1 atom stereocenters. The van der Waals surface area contributed by atoms with Gasteiger partial charge in [0.1, 0.15) is 19.2 Å². The lowest BCUT2D eigenvalue weighted by Crippen LogP contribution is -2.48. The fourth-order valence-corrected chi connectivity index (χ4v) is 5.17. The molecule has 1 unspecified atom stereocenters. The van der Waals surface area contributed by atoms with Crippen LogP contribution in [0.2, 0.25) is 0 Å². The fourth-order valence-electron chi connectivity index (χ4n) is 4.51. The monoisotopic (exact) mass is 434 g/mol. The number of esters is 1. The van der Waals surface area contributed by atoms with Crippen LogP contribution in [0, 0.1) is 5.41 Å². The molecule has 1 aromatic rings. The number of urea groups is 1. The zero-order valence-corrected chi connectivity index (χ0v) is 17.8. The quantitative estimate of drug-likeness (QED) is 0.522. The molecule has 162 valence electrons. The summed E-state index contributed by atoms with van der Waals surface area (Å²) < 4.78 is 5.69. The predicted octanol–water partition coefficient (Wildman–Crippen LogP) is 0.656. The van der Waals surface area contributed by atoms with Gasteiger partial charge in [-0.05, 0) is 42.3 Å². The number of likely N-dealkylation sites (N-methyl/N-ethyl adjacent to an activating group) is 1. The Balaban J connectivity index is 1.27. The molecular formula is C20H26N4O5S. The SMILES string of the molecule is CN(Cc1ccsc1)CC1CC2(CCN(C(=O)CN3CC(=O)NC3=O)CC2)C(=O)O1. The minimum atomic E-state index is -0.532. The number of cyclic esters (lactones) is 1. The van der Waals surface area contributed by atoms with Gasteiger partial charge in [0.25, 0.3) is 0 Å². The van der Waals surface area contributed by atoms with E-state index in [9.17, 15) is 19.2 Å². The van der Waals surface area contributed by atoms with Gasteiger partial charge >= 0.3 is 12.0 Å². The number of thiophene rings is 1. The van der Waals surface area contributed by atoms with Crippen molar-refractivity contribution < 1.29 is 23.9 Å². The molecule has 1 N–H and O–H groups in total. The number of hydrogen-bond donors (Lipinski definition) is 1. The lowest BCUT2D eigenvalue weighted by molar-refractivity contribution is -0.153. The average molecular weight is 435 g/mol. The molecule has 3 saturated heterocycles. The van der Waals surface area contributed by atoms with Crippen molar-refractivity contribution in [3.05, 3.63) is 22.4 Å². The standard InChI is InChI=1S/C20H26N4O5S/c1-22(9-14-2-7-30-13-14)10-15-8-20(18(27)29-15)3-5-23(6-4-20)17(26)12-24-11-16(25)21-19(24)28/h2,7,13,15H,3-6,8-12H2,1H3,(H,21,25,28). The Morgan fingerprint density at radius 3 is 2.73 bits per heavy atom. The highest BCUT2D eigenvalue weighted by atomic mass is 32.1. The molecule has 3 aliphatic rings. The number of nitrogens with one attached hydrogen (secondary N) is 1. The topological polar surface area (TPSA) is 99.3 Å². The first-order chi connectivity index (χ1) is 14.3. The molecular weight excluding hydrogens is 408 g/mol. The normalized spacial score (nSPS) is 23.4. The first-order valence-corrected chi connectivity index (χ1v) is 11.1. The van der Waals surface area contributed by atoms with Crippen molar-refractivity contribution >= 4 is 35.2 Å². The number of amides is 4. The van der Waals surface area contributed by atoms with Gasteiger partial charge in [-0.3, -0.25) is 24.6 Å². The molecule has 4 rings (SSSR count). The molecule has 0 bridgehead atoms. The number of ether oxygens (including phenoxy) is 1. The summed E-state index contributed by atoms with van der Waals surface area (Å²) in [5, 5.41) is 6.34. The van der Waals surface area contributed by atoms with Crippen LogP contribution < -0.4 is 5.32 Å². The summed E-state index contributed by atoms with van der Waals surface area (Å²) in [4.78, 5) is 53.1. The van der Waals surface area contributed by atoms with Gasteiger partial charge in [0.2, 0.25) is 11.8 Å². The number of nitrogens with zero attached hydrogens (tertiary/aromatic N) is 3. The summed E-state index contributed by atoms with van der Waals surface area (Å²) in [6.07, 6.45) is 1.66. The summed E-state index contributed by atoms with van der Waals surface area (Å²) in [7, 11) is 2.02. The van der Waals surface area contributed by atoms with Crippen LogP contribution in [0.15, 0.2) is 16.8 Å². The van der Waals surface area contributed by atoms with Gasteiger partial charge in [0.15, 0.2) is 0 Å². The maximum Gasteiger partial charge on any atom is 0.325 e. The molecule has 30 heavy (non-hydrogen) atoms. The Kier molecular flexibility index (Phi) is 5.79. The minimum Gasteiger partial charge on any atom is -0.461 e. The van der Waals surface area contributed by atoms with Crippen molar-refractivity contribution in [2.45, 2.75) is 31.9 Å². The second-order valence-electron chi connectivity index (χ2n) is 8.43. The highest BCUT2D eigenvalue weighted by Gasteiger charge is 2.51. The first-order valence-electron chi connectivity index (χ1n) is 10.1. The van der Waals surface area contributed by atoms with Crippen LogP contribution in [-0.2, 0) is 25.7 Å². The summed E-state index contributed by atoms with van der Waals surface area (Å²) in [5.41, 5.74) is 0.729. The fraction of sp³-hybridized carbons (Fsp3) is 0.600. The molecule has 0 radical (unpaired) electrons. The van der Waals surface area contributed by atoms with E-state index >= 15 is 0 Å². The van der Waals surface area contributed by atoms with Crippen molar-refractivity contribution in [3.63, 3.8) is 0 Å². The van der Waals surface area contributed by atoms with Crippen LogP contribution in [0.1, 0.15) is 24.8 Å². The Bertz CT molecular complexity index is 834. The van der Waals surface area contributed by atoms with Crippen LogP contribution in [0.3, 0.4) is 0 Å². The van der Waals surface area contributed by atoms with E-state index < -0.39 is 17.4 Å². The average Bonchev–Trinajstić information content (AvgIpc) is 3.37. The van der Waals surface area contributed by atoms with Crippen molar-refractivity contribution in [2.75, 3.05) is 39.8 Å². The Hall–Kier alpha value is -2.46. The van der Waals surface area contributed by atoms with E-state index in [1.807, 2.05) is 7.05 Å². The van der Waals surface area contributed by atoms with E-state index in [2.05, 4.69) is 27.0 Å². The molecule has 1 aromatic heterocycles. The second-order valence-corrected chi connectivity index (χ2v) is 9.21.